The molecule has 0 aliphatic carbocycles. The molecule has 36 heavy (non-hydrogen) atoms. The Balaban J connectivity index is 1.55. The van der Waals surface area contributed by atoms with Gasteiger partial charge in [-0.25, -0.2) is 4.39 Å². The Morgan fingerprint density at radius 2 is 1.92 bits per heavy atom. The van der Waals surface area contributed by atoms with E-state index in [0.717, 1.165) is 52.0 Å². The number of thioether (sulfide) groups is 1. The number of fused-ring (bicyclic) bond motifs is 1. The lowest BCUT2D eigenvalue weighted by atomic mass is 9.79. The fraction of sp³-hybridized carbons (Fsp3) is 0.393. The van der Waals surface area contributed by atoms with Crippen LogP contribution in [-0.2, 0) is 9.59 Å². The molecule has 2 aromatic carbocycles. The standard InChI is InChI=1S/C28H32FN3O3S/c1-7-32-23-13-22(29)19(11-21(23)18(4)14-28(32,5)6)12-24-26(34)31(27(35)36-24)15-25(33)30-20-9-8-16(2)17(3)10-20/h8-13,18H,7,14-15H2,1-6H3,(H,30,33)/b24-12+. The van der Waals surface area contributed by atoms with Gasteiger partial charge in [0.05, 0.1) is 4.91 Å². The molecule has 6 nitrogen and oxygen atoms in total. The average Bonchev–Trinajstić information content (AvgIpc) is 3.04. The molecule has 2 aliphatic heterocycles. The summed E-state index contributed by atoms with van der Waals surface area (Å²) in [5, 5.41) is 2.18. The first-order chi connectivity index (χ1) is 16.9. The van der Waals surface area contributed by atoms with E-state index in [0.29, 0.717) is 5.69 Å². The highest BCUT2D eigenvalue weighted by Gasteiger charge is 2.38. The van der Waals surface area contributed by atoms with Crippen LogP contribution in [0.2, 0.25) is 0 Å². The molecule has 190 valence electrons. The van der Waals surface area contributed by atoms with E-state index in [1.807, 2.05) is 26.0 Å². The van der Waals surface area contributed by atoms with Gasteiger partial charge in [0.1, 0.15) is 12.4 Å². The zero-order valence-corrected chi connectivity index (χ0v) is 22.4. The van der Waals surface area contributed by atoms with E-state index in [-0.39, 0.29) is 21.9 Å². The van der Waals surface area contributed by atoms with E-state index in [9.17, 15) is 14.4 Å². The van der Waals surface area contributed by atoms with Crippen molar-refractivity contribution in [1.82, 2.24) is 4.90 Å². The van der Waals surface area contributed by atoms with Crippen molar-refractivity contribution in [3.8, 4) is 0 Å². The van der Waals surface area contributed by atoms with Crippen molar-refractivity contribution in [3.63, 3.8) is 0 Å². The van der Waals surface area contributed by atoms with Gasteiger partial charge in [-0.1, -0.05) is 13.0 Å². The lowest BCUT2D eigenvalue weighted by Gasteiger charge is -2.47. The number of nitrogens with one attached hydrogen (secondary N) is 1. The van der Waals surface area contributed by atoms with Crippen LogP contribution in [0.5, 0.6) is 0 Å². The summed E-state index contributed by atoms with van der Waals surface area (Å²) in [6, 6.07) is 8.82. The summed E-state index contributed by atoms with van der Waals surface area (Å²) in [5.41, 5.74) is 4.78. The van der Waals surface area contributed by atoms with Crippen LogP contribution in [0.1, 0.15) is 62.3 Å². The number of amides is 3. The lowest BCUT2D eigenvalue weighted by molar-refractivity contribution is -0.127. The minimum atomic E-state index is -0.596. The van der Waals surface area contributed by atoms with Crippen LogP contribution in [-0.4, -0.2) is 40.6 Å². The van der Waals surface area contributed by atoms with Crippen molar-refractivity contribution in [2.45, 2.75) is 59.4 Å². The van der Waals surface area contributed by atoms with E-state index in [2.05, 4.69) is 37.9 Å². The fourth-order valence-electron chi connectivity index (χ4n) is 5.17. The van der Waals surface area contributed by atoms with Gasteiger partial charge in [-0.15, -0.1) is 0 Å². The number of hydrogen-bond acceptors (Lipinski definition) is 5. The summed E-state index contributed by atoms with van der Waals surface area (Å²) in [6.07, 6.45) is 2.34. The first-order valence-electron chi connectivity index (χ1n) is 12.1. The van der Waals surface area contributed by atoms with Gasteiger partial charge in [-0.05, 0) is 106 Å². The number of hydrogen-bond donors (Lipinski definition) is 1. The molecule has 1 fully saturated rings. The van der Waals surface area contributed by atoms with Gasteiger partial charge in [0.2, 0.25) is 5.91 Å². The van der Waals surface area contributed by atoms with Gasteiger partial charge >= 0.3 is 0 Å². The van der Waals surface area contributed by atoms with Crippen LogP contribution in [0.3, 0.4) is 0 Å². The molecule has 4 rings (SSSR count). The van der Waals surface area contributed by atoms with Crippen LogP contribution < -0.4 is 10.2 Å². The maximum Gasteiger partial charge on any atom is 0.294 e. The molecule has 0 saturated carbocycles. The smallest absolute Gasteiger partial charge is 0.294 e. The zero-order chi connectivity index (χ0) is 26.4. The summed E-state index contributed by atoms with van der Waals surface area (Å²) >= 11 is 0.722. The molecule has 0 aromatic heterocycles. The van der Waals surface area contributed by atoms with Gasteiger partial charge in [0.25, 0.3) is 11.1 Å². The van der Waals surface area contributed by atoms with Gasteiger partial charge in [0, 0.05) is 29.0 Å². The number of carbonyl (C=O) groups is 3. The first-order valence-corrected chi connectivity index (χ1v) is 13.0. The number of nitrogens with zero attached hydrogens (tertiary/aromatic N) is 2. The number of benzene rings is 2. The normalized spacial score (nSPS) is 20.2. The van der Waals surface area contributed by atoms with Crippen LogP contribution in [0, 0.1) is 19.7 Å². The second-order valence-corrected chi connectivity index (χ2v) is 11.2. The molecule has 1 unspecified atom stereocenters. The Bertz CT molecular complexity index is 1290. The van der Waals surface area contributed by atoms with Crippen LogP contribution in [0.25, 0.3) is 6.08 Å². The van der Waals surface area contributed by atoms with Crippen LogP contribution >= 0.6 is 11.8 Å². The molecule has 1 saturated heterocycles. The number of rotatable bonds is 5. The van der Waals surface area contributed by atoms with E-state index >= 15 is 4.39 Å². The first kappa shape index (κ1) is 25.9. The second-order valence-electron chi connectivity index (χ2n) is 10.2. The summed E-state index contributed by atoms with van der Waals surface area (Å²) < 4.78 is 15.2. The summed E-state index contributed by atoms with van der Waals surface area (Å²) in [6.45, 7) is 12.8. The Kier molecular flexibility index (Phi) is 7.01. The average molecular weight is 510 g/mol. The van der Waals surface area contributed by atoms with E-state index < -0.39 is 29.4 Å². The van der Waals surface area contributed by atoms with Crippen molar-refractivity contribution in [2.75, 3.05) is 23.3 Å². The van der Waals surface area contributed by atoms with Gasteiger partial charge in [0.15, 0.2) is 0 Å². The quantitative estimate of drug-likeness (QED) is 0.484. The molecule has 0 radical (unpaired) electrons. The SMILES string of the molecule is CCN1c2cc(F)c(/C=C3/SC(=O)N(CC(=O)Nc4ccc(C)c(C)c4)C3=O)cc2C(C)CC1(C)C. The van der Waals surface area contributed by atoms with Crippen molar-refractivity contribution < 1.29 is 18.8 Å². The molecule has 3 amide bonds. The molecule has 0 bridgehead atoms. The number of imide groups is 1. The minimum absolute atomic E-state index is 0.0877. The molecular weight excluding hydrogens is 477 g/mol. The van der Waals surface area contributed by atoms with Gasteiger partial charge in [-0.3, -0.25) is 19.3 Å². The number of anilines is 2. The highest BCUT2D eigenvalue weighted by atomic mass is 32.2. The molecule has 2 heterocycles. The maximum absolute atomic E-state index is 15.2. The third kappa shape index (κ3) is 4.91. The van der Waals surface area contributed by atoms with E-state index in [1.54, 1.807) is 12.1 Å². The van der Waals surface area contributed by atoms with Crippen molar-refractivity contribution in [2.24, 2.45) is 0 Å². The van der Waals surface area contributed by atoms with Crippen LogP contribution in [0.4, 0.5) is 20.6 Å². The summed E-state index contributed by atoms with van der Waals surface area (Å²) in [7, 11) is 0. The molecule has 0 spiro atoms. The predicted molar refractivity (Wildman–Crippen MR) is 144 cm³/mol. The Morgan fingerprint density at radius 3 is 2.58 bits per heavy atom. The monoisotopic (exact) mass is 509 g/mol. The van der Waals surface area contributed by atoms with Gasteiger partial charge < -0.3 is 10.2 Å². The molecule has 2 aromatic rings. The number of halogens is 1. The van der Waals surface area contributed by atoms with E-state index in [1.165, 1.54) is 12.1 Å². The molecule has 1 N–H and O–H groups in total. The molecule has 1 atom stereocenters. The third-order valence-corrected chi connectivity index (χ3v) is 7.98. The van der Waals surface area contributed by atoms with Crippen molar-refractivity contribution in [3.05, 3.63) is 63.3 Å². The van der Waals surface area contributed by atoms with Crippen molar-refractivity contribution >= 4 is 46.3 Å². The zero-order valence-electron chi connectivity index (χ0n) is 21.6. The van der Waals surface area contributed by atoms with Gasteiger partial charge in [-0.2, -0.15) is 0 Å². The van der Waals surface area contributed by atoms with Crippen molar-refractivity contribution in [1.29, 1.82) is 0 Å². The summed E-state index contributed by atoms with van der Waals surface area (Å²) in [5.74, 6) is -1.30. The lowest BCUT2D eigenvalue weighted by Crippen LogP contribution is -2.48. The summed E-state index contributed by atoms with van der Waals surface area (Å²) in [4.78, 5) is 41.2. The third-order valence-electron chi connectivity index (χ3n) is 7.07. The predicted octanol–water partition coefficient (Wildman–Crippen LogP) is 6.23. The Morgan fingerprint density at radius 1 is 1.19 bits per heavy atom. The highest BCUT2D eigenvalue weighted by molar-refractivity contribution is 8.18. The van der Waals surface area contributed by atoms with Crippen LogP contribution in [0.15, 0.2) is 35.2 Å². The number of aryl methyl sites for hydroxylation is 2. The molecule has 8 heteroatoms. The minimum Gasteiger partial charge on any atom is -0.366 e. The topological polar surface area (TPSA) is 69.7 Å². The fourth-order valence-corrected chi connectivity index (χ4v) is 6.00. The molecular formula is C28H32FN3O3S. The highest BCUT2D eigenvalue weighted by Crippen LogP contribution is 2.44. The Labute approximate surface area is 215 Å². The second kappa shape index (κ2) is 9.73. The maximum atomic E-state index is 15.2. The Hall–Kier alpha value is -3.13. The number of carbonyl (C=O) groups excluding carboxylic acids is 3. The largest absolute Gasteiger partial charge is 0.366 e. The molecule has 2 aliphatic rings. The van der Waals surface area contributed by atoms with E-state index in [4.69, 9.17) is 0 Å².